The van der Waals surface area contributed by atoms with E-state index in [9.17, 15) is 8.42 Å². The first-order valence-corrected chi connectivity index (χ1v) is 8.30. The van der Waals surface area contributed by atoms with Crippen LogP contribution in [0.4, 0.5) is 0 Å². The third kappa shape index (κ3) is 3.83. The van der Waals surface area contributed by atoms with Crippen molar-refractivity contribution in [3.05, 3.63) is 27.7 Å². The highest BCUT2D eigenvalue weighted by molar-refractivity contribution is 7.89. The van der Waals surface area contributed by atoms with E-state index in [0.29, 0.717) is 23.4 Å². The van der Waals surface area contributed by atoms with Crippen LogP contribution >= 0.6 is 23.2 Å². The molecule has 3 N–H and O–H groups in total. The lowest BCUT2D eigenvalue weighted by molar-refractivity contribution is 0.530. The van der Waals surface area contributed by atoms with Crippen LogP contribution in [0, 0.1) is 0 Å². The standard InChI is InChI=1S/C12H18Cl2N2O2S/c1-3-8(4-2)16-19(17,18)11-6-5-10(13)9(7-15)12(11)14/h5-6,8,16H,3-4,7,15H2,1-2H3. The van der Waals surface area contributed by atoms with Gasteiger partial charge in [0.2, 0.25) is 10.0 Å². The van der Waals surface area contributed by atoms with E-state index in [-0.39, 0.29) is 22.5 Å². The smallest absolute Gasteiger partial charge is 0.242 e. The predicted octanol–water partition coefficient (Wildman–Crippen LogP) is 2.92. The molecular formula is C12H18Cl2N2O2S. The highest BCUT2D eigenvalue weighted by atomic mass is 35.5. The maximum absolute atomic E-state index is 12.3. The molecule has 0 aliphatic heterocycles. The lowest BCUT2D eigenvalue weighted by atomic mass is 10.2. The Balaban J connectivity index is 3.22. The van der Waals surface area contributed by atoms with Crippen LogP contribution in [-0.2, 0) is 16.6 Å². The molecule has 1 rings (SSSR count). The van der Waals surface area contributed by atoms with Crippen molar-refractivity contribution in [1.82, 2.24) is 4.72 Å². The second-order valence-corrected chi connectivity index (χ2v) is 6.64. The molecular weight excluding hydrogens is 307 g/mol. The van der Waals surface area contributed by atoms with Gasteiger partial charge in [-0.25, -0.2) is 13.1 Å². The fourth-order valence-electron chi connectivity index (χ4n) is 1.71. The molecule has 0 unspecified atom stereocenters. The van der Waals surface area contributed by atoms with Crippen LogP contribution in [0.25, 0.3) is 0 Å². The molecule has 4 nitrogen and oxygen atoms in total. The van der Waals surface area contributed by atoms with E-state index in [1.165, 1.54) is 12.1 Å². The fraction of sp³-hybridized carbons (Fsp3) is 0.500. The van der Waals surface area contributed by atoms with Crippen molar-refractivity contribution in [3.8, 4) is 0 Å². The number of rotatable bonds is 6. The number of nitrogens with one attached hydrogen (secondary N) is 1. The third-order valence-corrected chi connectivity index (χ3v) is 5.41. The molecule has 0 saturated heterocycles. The Bertz CT molecular complexity index is 543. The summed E-state index contributed by atoms with van der Waals surface area (Å²) in [6.07, 6.45) is 1.43. The summed E-state index contributed by atoms with van der Waals surface area (Å²) in [7, 11) is -3.66. The molecule has 0 aliphatic carbocycles. The van der Waals surface area contributed by atoms with Crippen LogP contribution in [-0.4, -0.2) is 14.5 Å². The molecule has 0 heterocycles. The number of halogens is 2. The van der Waals surface area contributed by atoms with Gasteiger partial charge in [0.05, 0.1) is 5.02 Å². The largest absolute Gasteiger partial charge is 0.326 e. The highest BCUT2D eigenvalue weighted by Crippen LogP contribution is 2.30. The SMILES string of the molecule is CCC(CC)NS(=O)(=O)c1ccc(Cl)c(CN)c1Cl. The van der Waals surface area contributed by atoms with Crippen molar-refractivity contribution >= 4 is 33.2 Å². The van der Waals surface area contributed by atoms with Crippen molar-refractivity contribution in [3.63, 3.8) is 0 Å². The average molecular weight is 325 g/mol. The summed E-state index contributed by atoms with van der Waals surface area (Å²) >= 11 is 12.0. The molecule has 0 aliphatic rings. The van der Waals surface area contributed by atoms with Gasteiger partial charge in [0.1, 0.15) is 4.90 Å². The normalized spacial score (nSPS) is 12.1. The van der Waals surface area contributed by atoms with E-state index < -0.39 is 10.0 Å². The summed E-state index contributed by atoms with van der Waals surface area (Å²) in [5.41, 5.74) is 5.97. The van der Waals surface area contributed by atoms with Crippen LogP contribution in [0.3, 0.4) is 0 Å². The average Bonchev–Trinajstić information content (AvgIpc) is 2.36. The van der Waals surface area contributed by atoms with Gasteiger partial charge in [-0.3, -0.25) is 0 Å². The van der Waals surface area contributed by atoms with E-state index in [4.69, 9.17) is 28.9 Å². The van der Waals surface area contributed by atoms with E-state index >= 15 is 0 Å². The van der Waals surface area contributed by atoms with Crippen LogP contribution < -0.4 is 10.5 Å². The molecule has 19 heavy (non-hydrogen) atoms. The van der Waals surface area contributed by atoms with Crippen molar-refractivity contribution < 1.29 is 8.42 Å². The summed E-state index contributed by atoms with van der Waals surface area (Å²) in [4.78, 5) is 0.0194. The van der Waals surface area contributed by atoms with Crippen LogP contribution in [0.5, 0.6) is 0 Å². The van der Waals surface area contributed by atoms with Gasteiger partial charge >= 0.3 is 0 Å². The molecule has 0 bridgehead atoms. The van der Waals surface area contributed by atoms with Gasteiger partial charge in [0.15, 0.2) is 0 Å². The minimum atomic E-state index is -3.66. The van der Waals surface area contributed by atoms with Gasteiger partial charge in [0.25, 0.3) is 0 Å². The summed E-state index contributed by atoms with van der Waals surface area (Å²) < 4.78 is 27.2. The van der Waals surface area contributed by atoms with E-state index in [1.807, 2.05) is 13.8 Å². The maximum Gasteiger partial charge on any atom is 0.242 e. The molecule has 1 aromatic rings. The number of sulfonamides is 1. The predicted molar refractivity (Wildman–Crippen MR) is 79.0 cm³/mol. The van der Waals surface area contributed by atoms with E-state index in [1.54, 1.807) is 0 Å². The van der Waals surface area contributed by atoms with Crippen molar-refractivity contribution in [2.75, 3.05) is 0 Å². The maximum atomic E-state index is 12.3. The molecule has 0 fully saturated rings. The Morgan fingerprint density at radius 2 is 1.84 bits per heavy atom. The number of nitrogens with two attached hydrogens (primary N) is 1. The Hall–Kier alpha value is -0.330. The zero-order valence-electron chi connectivity index (χ0n) is 10.9. The molecule has 108 valence electrons. The summed E-state index contributed by atoms with van der Waals surface area (Å²) in [6.45, 7) is 3.93. The lowest BCUT2D eigenvalue weighted by Gasteiger charge is -2.17. The van der Waals surface area contributed by atoms with Gasteiger partial charge in [0, 0.05) is 23.2 Å². The second-order valence-electron chi connectivity index (χ2n) is 4.18. The fourth-order valence-corrected chi connectivity index (χ4v) is 4.04. The summed E-state index contributed by atoms with van der Waals surface area (Å²) in [6, 6.07) is 2.78. The first-order valence-electron chi connectivity index (χ1n) is 6.06. The highest BCUT2D eigenvalue weighted by Gasteiger charge is 2.23. The van der Waals surface area contributed by atoms with Crippen LogP contribution in [0.15, 0.2) is 17.0 Å². The molecule has 0 aromatic heterocycles. The quantitative estimate of drug-likeness (QED) is 0.845. The van der Waals surface area contributed by atoms with Gasteiger partial charge < -0.3 is 5.73 Å². The van der Waals surface area contributed by atoms with Crippen LogP contribution in [0.1, 0.15) is 32.3 Å². The molecule has 0 amide bonds. The molecule has 0 saturated carbocycles. The Kier molecular flexibility index (Phi) is 6.08. The topological polar surface area (TPSA) is 72.2 Å². The van der Waals surface area contributed by atoms with Gasteiger partial charge in [-0.1, -0.05) is 37.0 Å². The van der Waals surface area contributed by atoms with Crippen molar-refractivity contribution in [2.24, 2.45) is 5.73 Å². The van der Waals surface area contributed by atoms with E-state index in [0.717, 1.165) is 0 Å². The van der Waals surface area contributed by atoms with Crippen molar-refractivity contribution in [2.45, 2.75) is 44.2 Å². The molecule has 1 aromatic carbocycles. The number of benzene rings is 1. The van der Waals surface area contributed by atoms with Crippen molar-refractivity contribution in [1.29, 1.82) is 0 Å². The van der Waals surface area contributed by atoms with Gasteiger partial charge in [-0.05, 0) is 25.0 Å². The number of hydrogen-bond donors (Lipinski definition) is 2. The zero-order chi connectivity index (χ0) is 14.6. The number of hydrogen-bond acceptors (Lipinski definition) is 3. The minimum absolute atomic E-state index is 0.0194. The Labute approximate surface area is 124 Å². The molecule has 0 radical (unpaired) electrons. The monoisotopic (exact) mass is 324 g/mol. The van der Waals surface area contributed by atoms with Gasteiger partial charge in [-0.15, -0.1) is 0 Å². The molecule has 0 atom stereocenters. The zero-order valence-corrected chi connectivity index (χ0v) is 13.2. The minimum Gasteiger partial charge on any atom is -0.326 e. The first-order chi connectivity index (χ1) is 8.87. The Morgan fingerprint density at radius 1 is 1.26 bits per heavy atom. The Morgan fingerprint density at radius 3 is 2.32 bits per heavy atom. The van der Waals surface area contributed by atoms with Crippen LogP contribution in [0.2, 0.25) is 10.0 Å². The van der Waals surface area contributed by atoms with Gasteiger partial charge in [-0.2, -0.15) is 0 Å². The second kappa shape index (κ2) is 6.90. The summed E-state index contributed by atoms with van der Waals surface area (Å²) in [5, 5.41) is 0.461. The third-order valence-electron chi connectivity index (χ3n) is 2.95. The molecule has 7 heteroatoms. The summed E-state index contributed by atoms with van der Waals surface area (Å²) in [5.74, 6) is 0. The lowest BCUT2D eigenvalue weighted by Crippen LogP contribution is -2.34. The molecule has 0 spiro atoms. The first kappa shape index (κ1) is 16.7. The van der Waals surface area contributed by atoms with E-state index in [2.05, 4.69) is 4.72 Å².